The fourth-order valence-electron chi connectivity index (χ4n) is 3.87. The van der Waals surface area contributed by atoms with Crippen LogP contribution in [0.25, 0.3) is 0 Å². The molecule has 0 aromatic rings. The summed E-state index contributed by atoms with van der Waals surface area (Å²) in [6, 6.07) is 2.49. The molecule has 2 fully saturated rings. The van der Waals surface area contributed by atoms with Crippen LogP contribution in [0.15, 0.2) is 0 Å². The van der Waals surface area contributed by atoms with Crippen molar-refractivity contribution in [1.29, 1.82) is 5.26 Å². The van der Waals surface area contributed by atoms with E-state index in [0.717, 1.165) is 38.5 Å². The van der Waals surface area contributed by atoms with Gasteiger partial charge in [-0.05, 0) is 56.3 Å². The Morgan fingerprint density at radius 2 is 1.89 bits per heavy atom. The lowest BCUT2D eigenvalue weighted by molar-refractivity contribution is -0.134. The zero-order valence-electron chi connectivity index (χ0n) is 12.5. The first-order valence-corrected chi connectivity index (χ1v) is 7.61. The van der Waals surface area contributed by atoms with E-state index < -0.39 is 11.0 Å². The highest BCUT2D eigenvalue weighted by Gasteiger charge is 2.59. The smallest absolute Gasteiger partial charge is 0.109 e. The minimum atomic E-state index is -0.932. The van der Waals surface area contributed by atoms with Gasteiger partial charge >= 0.3 is 0 Å². The fourth-order valence-corrected chi connectivity index (χ4v) is 3.87. The molecule has 3 nitrogen and oxygen atoms in total. The van der Waals surface area contributed by atoms with Crippen LogP contribution < -0.4 is 0 Å². The lowest BCUT2D eigenvalue weighted by Gasteiger charge is -2.47. The second kappa shape index (κ2) is 5.42. The molecule has 108 valence electrons. The Kier molecular flexibility index (Phi) is 4.23. The molecule has 2 rings (SSSR count). The third-order valence-electron chi connectivity index (χ3n) is 5.49. The highest BCUT2D eigenvalue weighted by Crippen LogP contribution is 2.56. The quantitative estimate of drug-likeness (QED) is 0.831. The molecule has 0 amide bonds. The molecule has 0 aromatic heterocycles. The molecule has 1 unspecified atom stereocenters. The van der Waals surface area contributed by atoms with Crippen LogP contribution in [0.5, 0.6) is 0 Å². The minimum absolute atomic E-state index is 0.266. The fraction of sp³-hybridized carbons (Fsp3) is 0.938. The molecule has 0 bridgehead atoms. The minimum Gasteiger partial charge on any atom is -0.386 e. The summed E-state index contributed by atoms with van der Waals surface area (Å²) in [6.45, 7) is 4.82. The van der Waals surface area contributed by atoms with E-state index in [1.165, 1.54) is 0 Å². The number of hydrogen-bond acceptors (Lipinski definition) is 3. The second-order valence-corrected chi connectivity index (χ2v) is 6.91. The molecule has 0 heterocycles. The van der Waals surface area contributed by atoms with Crippen molar-refractivity contribution in [2.45, 2.75) is 58.0 Å². The van der Waals surface area contributed by atoms with Gasteiger partial charge in [0.05, 0.1) is 18.1 Å². The summed E-state index contributed by atoms with van der Waals surface area (Å²) in [5.74, 6) is 1.64. The summed E-state index contributed by atoms with van der Waals surface area (Å²) in [5.41, 5.74) is -1.52. The molecule has 2 aliphatic rings. The van der Waals surface area contributed by atoms with Crippen molar-refractivity contribution in [1.82, 2.24) is 0 Å². The molecule has 2 aliphatic carbocycles. The van der Waals surface area contributed by atoms with E-state index in [0.29, 0.717) is 18.4 Å². The van der Waals surface area contributed by atoms with Crippen molar-refractivity contribution >= 4 is 0 Å². The van der Waals surface area contributed by atoms with Gasteiger partial charge in [-0.1, -0.05) is 13.8 Å². The van der Waals surface area contributed by atoms with Crippen molar-refractivity contribution < 1.29 is 9.84 Å². The third kappa shape index (κ3) is 2.53. The average molecular weight is 265 g/mol. The Bertz CT molecular complexity index is 348. The van der Waals surface area contributed by atoms with E-state index in [9.17, 15) is 10.4 Å². The van der Waals surface area contributed by atoms with E-state index in [1.807, 2.05) is 0 Å². The maximum Gasteiger partial charge on any atom is 0.109 e. The molecule has 0 spiro atoms. The van der Waals surface area contributed by atoms with E-state index in [4.69, 9.17) is 4.74 Å². The molecule has 1 atom stereocenters. The lowest BCUT2D eigenvalue weighted by atomic mass is 9.59. The van der Waals surface area contributed by atoms with Crippen LogP contribution in [0, 0.1) is 34.5 Å². The van der Waals surface area contributed by atoms with Crippen molar-refractivity contribution in [3.8, 4) is 6.07 Å². The number of ether oxygens (including phenoxy) is 1. The Balaban J connectivity index is 2.17. The van der Waals surface area contributed by atoms with Crippen LogP contribution in [-0.2, 0) is 4.74 Å². The lowest BCUT2D eigenvalue weighted by Crippen LogP contribution is -2.54. The highest BCUT2D eigenvalue weighted by molar-refractivity contribution is 5.17. The van der Waals surface area contributed by atoms with Crippen molar-refractivity contribution in [3.63, 3.8) is 0 Å². The number of methoxy groups -OCH3 is 1. The molecule has 0 aliphatic heterocycles. The van der Waals surface area contributed by atoms with Crippen LogP contribution in [0.4, 0.5) is 0 Å². The van der Waals surface area contributed by atoms with Gasteiger partial charge in [-0.2, -0.15) is 5.26 Å². The first-order chi connectivity index (χ1) is 8.99. The highest BCUT2D eigenvalue weighted by atomic mass is 16.5. The van der Waals surface area contributed by atoms with E-state index in [2.05, 4.69) is 19.9 Å². The Hall–Kier alpha value is -0.590. The number of rotatable bonds is 5. The van der Waals surface area contributed by atoms with Crippen LogP contribution in [0.1, 0.15) is 52.4 Å². The van der Waals surface area contributed by atoms with Gasteiger partial charge in [0, 0.05) is 7.11 Å². The molecule has 2 saturated carbocycles. The van der Waals surface area contributed by atoms with Crippen molar-refractivity contribution in [2.24, 2.45) is 23.2 Å². The van der Waals surface area contributed by atoms with Gasteiger partial charge in [-0.15, -0.1) is 0 Å². The zero-order valence-corrected chi connectivity index (χ0v) is 12.5. The summed E-state index contributed by atoms with van der Waals surface area (Å²) in [4.78, 5) is 0. The average Bonchev–Trinajstić information content (AvgIpc) is 3.23. The van der Waals surface area contributed by atoms with Crippen LogP contribution in [0.3, 0.4) is 0 Å². The summed E-state index contributed by atoms with van der Waals surface area (Å²) < 4.78 is 5.26. The van der Waals surface area contributed by atoms with Gasteiger partial charge < -0.3 is 9.84 Å². The van der Waals surface area contributed by atoms with E-state index >= 15 is 0 Å². The van der Waals surface area contributed by atoms with Gasteiger partial charge in [-0.3, -0.25) is 0 Å². The molecule has 0 aromatic carbocycles. The molecule has 0 radical (unpaired) electrons. The predicted octanol–water partition coefficient (Wildman–Crippen LogP) is 3.13. The maximum absolute atomic E-state index is 11.1. The molecule has 3 heteroatoms. The molecule has 0 saturated heterocycles. The topological polar surface area (TPSA) is 53.2 Å². The predicted molar refractivity (Wildman–Crippen MR) is 74.4 cm³/mol. The van der Waals surface area contributed by atoms with Gasteiger partial charge in [0.15, 0.2) is 0 Å². The van der Waals surface area contributed by atoms with Gasteiger partial charge in [0.2, 0.25) is 0 Å². The van der Waals surface area contributed by atoms with Crippen LogP contribution in [0.2, 0.25) is 0 Å². The van der Waals surface area contributed by atoms with Gasteiger partial charge in [0.1, 0.15) is 5.60 Å². The molecular formula is C16H27NO2. The van der Waals surface area contributed by atoms with Crippen molar-refractivity contribution in [3.05, 3.63) is 0 Å². The van der Waals surface area contributed by atoms with Crippen LogP contribution in [-0.4, -0.2) is 24.4 Å². The number of aliphatic hydroxyl groups is 1. The van der Waals surface area contributed by atoms with E-state index in [-0.39, 0.29) is 5.92 Å². The summed E-state index contributed by atoms with van der Waals surface area (Å²) >= 11 is 0. The van der Waals surface area contributed by atoms with Crippen molar-refractivity contribution in [2.75, 3.05) is 13.7 Å². The SMILES string of the molecule is COCC(O)(C1CC1)C1(C#N)CCC(C(C)C)CC1. The molecular weight excluding hydrogens is 238 g/mol. The summed E-state index contributed by atoms with van der Waals surface area (Å²) in [7, 11) is 1.62. The van der Waals surface area contributed by atoms with Gasteiger partial charge in [0.25, 0.3) is 0 Å². The van der Waals surface area contributed by atoms with Gasteiger partial charge in [-0.25, -0.2) is 0 Å². The zero-order chi connectivity index (χ0) is 14.1. The monoisotopic (exact) mass is 265 g/mol. The first-order valence-electron chi connectivity index (χ1n) is 7.61. The summed E-state index contributed by atoms with van der Waals surface area (Å²) in [6.07, 6.45) is 5.84. The number of hydrogen-bond donors (Lipinski definition) is 1. The standard InChI is InChI=1S/C16H27NO2/c1-12(2)13-6-8-15(10-17,9-7-13)16(18,11-19-3)14-4-5-14/h12-14,18H,4-9,11H2,1-3H3. The van der Waals surface area contributed by atoms with E-state index in [1.54, 1.807) is 7.11 Å². The first kappa shape index (κ1) is 14.8. The Labute approximate surface area is 117 Å². The number of nitriles is 1. The summed E-state index contributed by atoms with van der Waals surface area (Å²) in [5, 5.41) is 20.8. The normalized spacial score (nSPS) is 34.8. The largest absolute Gasteiger partial charge is 0.386 e. The third-order valence-corrected chi connectivity index (χ3v) is 5.49. The molecule has 1 N–H and O–H groups in total. The molecule has 19 heavy (non-hydrogen) atoms. The van der Waals surface area contributed by atoms with Crippen LogP contribution >= 0.6 is 0 Å². The Morgan fingerprint density at radius 1 is 1.32 bits per heavy atom. The Morgan fingerprint density at radius 3 is 2.26 bits per heavy atom. The maximum atomic E-state index is 11.1. The second-order valence-electron chi connectivity index (χ2n) is 6.91. The number of nitrogens with zero attached hydrogens (tertiary/aromatic N) is 1.